The number of azo groups is 1. The molecule has 0 aliphatic carbocycles. The van der Waals surface area contributed by atoms with Gasteiger partial charge in [0, 0.05) is 18.1 Å². The van der Waals surface area contributed by atoms with Crippen LogP contribution in [0.25, 0.3) is 0 Å². The number of hydrogen-bond donors (Lipinski definition) is 0. The predicted octanol–water partition coefficient (Wildman–Crippen LogP) is 4.73. The molecular formula is C21H18N4O3. The van der Waals surface area contributed by atoms with E-state index in [1.807, 2.05) is 6.07 Å². The first-order chi connectivity index (χ1) is 13.5. The first-order valence-electron chi connectivity index (χ1n) is 8.45. The predicted molar refractivity (Wildman–Crippen MR) is 102 cm³/mol. The Balaban J connectivity index is 1.93. The minimum Gasteiger partial charge on any atom is -0.493 e. The molecule has 2 aromatic rings. The van der Waals surface area contributed by atoms with E-state index in [2.05, 4.69) is 22.9 Å². The maximum absolute atomic E-state index is 11.3. The van der Waals surface area contributed by atoms with Crippen LogP contribution in [-0.4, -0.2) is 19.2 Å². The van der Waals surface area contributed by atoms with Gasteiger partial charge in [-0.25, -0.2) is 4.79 Å². The van der Waals surface area contributed by atoms with Crippen molar-refractivity contribution in [2.45, 2.75) is 13.3 Å². The van der Waals surface area contributed by atoms with Gasteiger partial charge in [0.05, 0.1) is 36.1 Å². The van der Waals surface area contributed by atoms with Crippen LogP contribution in [0.5, 0.6) is 5.75 Å². The number of carbonyl (C=O) groups is 1. The monoisotopic (exact) mass is 374 g/mol. The van der Waals surface area contributed by atoms with Crippen molar-refractivity contribution in [1.82, 2.24) is 0 Å². The summed E-state index contributed by atoms with van der Waals surface area (Å²) in [6, 6.07) is 15.6. The van der Waals surface area contributed by atoms with Crippen LogP contribution in [0, 0.1) is 22.7 Å². The molecule has 0 N–H and O–H groups in total. The van der Waals surface area contributed by atoms with E-state index in [0.29, 0.717) is 46.9 Å². The van der Waals surface area contributed by atoms with Crippen LogP contribution in [-0.2, 0) is 9.53 Å². The highest BCUT2D eigenvalue weighted by Gasteiger charge is 2.05. The lowest BCUT2D eigenvalue weighted by Crippen LogP contribution is -2.09. The van der Waals surface area contributed by atoms with Crippen LogP contribution in [0.4, 0.5) is 11.4 Å². The molecular weight excluding hydrogens is 356 g/mol. The van der Waals surface area contributed by atoms with Gasteiger partial charge in [0.25, 0.3) is 0 Å². The van der Waals surface area contributed by atoms with Gasteiger partial charge >= 0.3 is 5.97 Å². The first-order valence-corrected chi connectivity index (χ1v) is 8.45. The van der Waals surface area contributed by atoms with Crippen molar-refractivity contribution < 1.29 is 14.3 Å². The zero-order valence-corrected chi connectivity index (χ0v) is 15.4. The Morgan fingerprint density at radius 2 is 1.82 bits per heavy atom. The lowest BCUT2D eigenvalue weighted by Gasteiger charge is -2.08. The third-order valence-corrected chi connectivity index (χ3v) is 3.50. The second kappa shape index (κ2) is 10.2. The quantitative estimate of drug-likeness (QED) is 0.287. The number of benzene rings is 2. The lowest BCUT2D eigenvalue weighted by molar-refractivity contribution is -0.139. The van der Waals surface area contributed by atoms with Gasteiger partial charge in [-0.15, -0.1) is 5.11 Å². The molecule has 7 heteroatoms. The summed E-state index contributed by atoms with van der Waals surface area (Å²) >= 11 is 0. The standard InChI is InChI=1S/C21H18N4O3/c1-15(2)21(26)28-11-3-10-27-19-8-9-20(17(12-19)14-23)25-24-18-6-4-16(13-22)5-7-18/h4-9,12H,1,3,10-11H2,2H3. The van der Waals surface area contributed by atoms with Crippen LogP contribution < -0.4 is 4.74 Å². The molecule has 140 valence electrons. The number of carbonyl (C=O) groups excluding carboxylic acids is 1. The minimum atomic E-state index is -0.427. The fraction of sp³-hybridized carbons (Fsp3) is 0.190. The number of nitriles is 2. The highest BCUT2D eigenvalue weighted by Crippen LogP contribution is 2.26. The number of rotatable bonds is 8. The third kappa shape index (κ3) is 6.08. The van der Waals surface area contributed by atoms with E-state index in [-0.39, 0.29) is 6.61 Å². The molecule has 7 nitrogen and oxygen atoms in total. The topological polar surface area (TPSA) is 108 Å². The fourth-order valence-corrected chi connectivity index (χ4v) is 2.03. The normalized spacial score (nSPS) is 10.1. The number of hydrogen-bond acceptors (Lipinski definition) is 7. The average Bonchev–Trinajstić information content (AvgIpc) is 2.72. The molecule has 0 heterocycles. The molecule has 0 fully saturated rings. The van der Waals surface area contributed by atoms with E-state index in [1.165, 1.54) is 0 Å². The van der Waals surface area contributed by atoms with Crippen molar-refractivity contribution in [2.24, 2.45) is 10.2 Å². The van der Waals surface area contributed by atoms with Crippen molar-refractivity contribution in [3.05, 3.63) is 65.7 Å². The molecule has 0 aromatic heterocycles. The molecule has 2 aromatic carbocycles. The van der Waals surface area contributed by atoms with E-state index in [0.717, 1.165) is 0 Å². The molecule has 0 saturated carbocycles. The molecule has 0 spiro atoms. The summed E-state index contributed by atoms with van der Waals surface area (Å²) < 4.78 is 10.5. The summed E-state index contributed by atoms with van der Waals surface area (Å²) in [7, 11) is 0. The fourth-order valence-electron chi connectivity index (χ4n) is 2.03. The van der Waals surface area contributed by atoms with Gasteiger partial charge in [-0.1, -0.05) is 6.58 Å². The van der Waals surface area contributed by atoms with E-state index in [4.69, 9.17) is 14.7 Å². The van der Waals surface area contributed by atoms with Gasteiger partial charge in [-0.05, 0) is 43.3 Å². The molecule has 28 heavy (non-hydrogen) atoms. The number of nitrogens with zero attached hydrogens (tertiary/aromatic N) is 4. The second-order valence-electron chi connectivity index (χ2n) is 5.77. The van der Waals surface area contributed by atoms with E-state index >= 15 is 0 Å². The molecule has 0 atom stereocenters. The molecule has 0 amide bonds. The number of esters is 1. The zero-order valence-electron chi connectivity index (χ0n) is 15.4. The first kappa shape index (κ1) is 20.3. The number of ether oxygens (including phenoxy) is 2. The van der Waals surface area contributed by atoms with Crippen LogP contribution in [0.15, 0.2) is 64.8 Å². The van der Waals surface area contributed by atoms with E-state index in [1.54, 1.807) is 49.4 Å². The van der Waals surface area contributed by atoms with Gasteiger partial charge in [0.15, 0.2) is 0 Å². The highest BCUT2D eigenvalue weighted by atomic mass is 16.5. The smallest absolute Gasteiger partial charge is 0.333 e. The summed E-state index contributed by atoms with van der Waals surface area (Å²) in [5.74, 6) is 0.0869. The maximum atomic E-state index is 11.3. The van der Waals surface area contributed by atoms with Gasteiger partial charge in [0.1, 0.15) is 17.5 Å². The molecule has 0 unspecified atom stereocenters. The Kier molecular flexibility index (Phi) is 7.44. The molecule has 0 saturated heterocycles. The highest BCUT2D eigenvalue weighted by molar-refractivity contribution is 5.86. The molecule has 0 aliphatic heterocycles. The van der Waals surface area contributed by atoms with Crippen LogP contribution >= 0.6 is 0 Å². The van der Waals surface area contributed by atoms with Gasteiger partial charge in [-0.2, -0.15) is 15.6 Å². The molecule has 0 aliphatic rings. The zero-order chi connectivity index (χ0) is 20.4. The Hall–Kier alpha value is -3.97. The summed E-state index contributed by atoms with van der Waals surface area (Å²) in [4.78, 5) is 11.3. The molecule has 0 bridgehead atoms. The third-order valence-electron chi connectivity index (χ3n) is 3.50. The van der Waals surface area contributed by atoms with Crippen LogP contribution in [0.2, 0.25) is 0 Å². The van der Waals surface area contributed by atoms with Gasteiger partial charge in [0.2, 0.25) is 0 Å². The SMILES string of the molecule is C=C(C)C(=O)OCCCOc1ccc(N=Nc2ccc(C#N)cc2)c(C#N)c1. The summed E-state index contributed by atoms with van der Waals surface area (Å²) in [5, 5.41) is 26.3. The summed E-state index contributed by atoms with van der Waals surface area (Å²) in [6.45, 7) is 5.65. The Morgan fingerprint density at radius 1 is 1.07 bits per heavy atom. The summed E-state index contributed by atoms with van der Waals surface area (Å²) in [5.41, 5.74) is 2.20. The largest absolute Gasteiger partial charge is 0.493 e. The van der Waals surface area contributed by atoms with Gasteiger partial charge < -0.3 is 9.47 Å². The van der Waals surface area contributed by atoms with Crippen molar-refractivity contribution >= 4 is 17.3 Å². The van der Waals surface area contributed by atoms with Crippen molar-refractivity contribution in [3.63, 3.8) is 0 Å². The van der Waals surface area contributed by atoms with Crippen molar-refractivity contribution in [2.75, 3.05) is 13.2 Å². The van der Waals surface area contributed by atoms with Gasteiger partial charge in [-0.3, -0.25) is 0 Å². The van der Waals surface area contributed by atoms with Crippen LogP contribution in [0.3, 0.4) is 0 Å². The van der Waals surface area contributed by atoms with E-state index in [9.17, 15) is 10.1 Å². The molecule has 2 rings (SSSR count). The Morgan fingerprint density at radius 3 is 2.46 bits per heavy atom. The Labute approximate surface area is 163 Å². The summed E-state index contributed by atoms with van der Waals surface area (Å²) in [6.07, 6.45) is 0.515. The Bertz CT molecular complexity index is 967. The van der Waals surface area contributed by atoms with Crippen molar-refractivity contribution in [3.8, 4) is 17.9 Å². The average molecular weight is 374 g/mol. The second-order valence-corrected chi connectivity index (χ2v) is 5.77. The minimum absolute atomic E-state index is 0.230. The van der Waals surface area contributed by atoms with Crippen molar-refractivity contribution in [1.29, 1.82) is 10.5 Å². The maximum Gasteiger partial charge on any atom is 0.333 e. The molecule has 0 radical (unpaired) electrons. The lowest BCUT2D eigenvalue weighted by atomic mass is 10.2. The van der Waals surface area contributed by atoms with E-state index < -0.39 is 5.97 Å². The van der Waals surface area contributed by atoms with Crippen LogP contribution in [0.1, 0.15) is 24.5 Å².